The summed E-state index contributed by atoms with van der Waals surface area (Å²) in [7, 11) is 0. The van der Waals surface area contributed by atoms with Crippen molar-refractivity contribution in [3.63, 3.8) is 0 Å². The molecule has 0 aliphatic carbocycles. The SMILES string of the molecule is CC(C)NCc1ccccc1Sc1ccc(F)c(F)c1. The first-order valence-electron chi connectivity index (χ1n) is 6.50. The molecule has 0 radical (unpaired) electrons. The Morgan fingerprint density at radius 2 is 1.80 bits per heavy atom. The molecule has 0 spiro atoms. The highest BCUT2D eigenvalue weighted by Crippen LogP contribution is 2.31. The van der Waals surface area contributed by atoms with Gasteiger partial charge in [-0.15, -0.1) is 0 Å². The van der Waals surface area contributed by atoms with Gasteiger partial charge < -0.3 is 5.32 Å². The molecule has 0 heterocycles. The largest absolute Gasteiger partial charge is 0.310 e. The lowest BCUT2D eigenvalue weighted by atomic mass is 10.2. The minimum Gasteiger partial charge on any atom is -0.310 e. The average molecular weight is 293 g/mol. The number of benzene rings is 2. The van der Waals surface area contributed by atoms with E-state index in [1.54, 1.807) is 6.07 Å². The van der Waals surface area contributed by atoms with Gasteiger partial charge in [0.2, 0.25) is 0 Å². The van der Waals surface area contributed by atoms with E-state index in [9.17, 15) is 8.78 Å². The Morgan fingerprint density at radius 1 is 1.05 bits per heavy atom. The van der Waals surface area contributed by atoms with Gasteiger partial charge in [-0.2, -0.15) is 0 Å². The predicted octanol–water partition coefficient (Wildman–Crippen LogP) is 4.61. The third kappa shape index (κ3) is 4.05. The molecular weight excluding hydrogens is 276 g/mol. The first kappa shape index (κ1) is 15.0. The third-order valence-electron chi connectivity index (χ3n) is 2.79. The first-order valence-corrected chi connectivity index (χ1v) is 7.32. The average Bonchev–Trinajstić information content (AvgIpc) is 2.42. The lowest BCUT2D eigenvalue weighted by Crippen LogP contribution is -2.22. The van der Waals surface area contributed by atoms with Crippen LogP contribution in [0.1, 0.15) is 19.4 Å². The molecule has 2 rings (SSSR count). The van der Waals surface area contributed by atoms with Crippen LogP contribution in [0.3, 0.4) is 0 Å². The standard InChI is InChI=1S/C16H17F2NS/c1-11(2)19-10-12-5-3-4-6-16(12)20-13-7-8-14(17)15(18)9-13/h3-9,11,19H,10H2,1-2H3. The van der Waals surface area contributed by atoms with Gasteiger partial charge >= 0.3 is 0 Å². The normalized spacial score (nSPS) is 11.1. The van der Waals surface area contributed by atoms with E-state index in [1.165, 1.54) is 17.8 Å². The molecule has 2 aromatic rings. The zero-order valence-corrected chi connectivity index (χ0v) is 12.3. The van der Waals surface area contributed by atoms with E-state index in [1.807, 2.05) is 24.3 Å². The summed E-state index contributed by atoms with van der Waals surface area (Å²) in [4.78, 5) is 1.74. The number of rotatable bonds is 5. The lowest BCUT2D eigenvalue weighted by Gasteiger charge is -2.12. The summed E-state index contributed by atoms with van der Waals surface area (Å²) < 4.78 is 26.2. The highest BCUT2D eigenvalue weighted by atomic mass is 32.2. The summed E-state index contributed by atoms with van der Waals surface area (Å²) in [6.45, 7) is 4.93. The number of halogens is 2. The fourth-order valence-electron chi connectivity index (χ4n) is 1.73. The van der Waals surface area contributed by atoms with Crippen molar-refractivity contribution < 1.29 is 8.78 Å². The molecule has 0 saturated carbocycles. The molecule has 0 aliphatic rings. The van der Waals surface area contributed by atoms with Gasteiger partial charge in [-0.1, -0.05) is 43.8 Å². The maximum absolute atomic E-state index is 13.2. The highest BCUT2D eigenvalue weighted by molar-refractivity contribution is 7.99. The quantitative estimate of drug-likeness (QED) is 0.863. The van der Waals surface area contributed by atoms with Crippen LogP contribution in [-0.4, -0.2) is 6.04 Å². The Balaban J connectivity index is 2.17. The van der Waals surface area contributed by atoms with E-state index in [0.717, 1.165) is 23.1 Å². The molecule has 0 aromatic heterocycles. The molecule has 0 amide bonds. The Labute approximate surface area is 122 Å². The minimum absolute atomic E-state index is 0.399. The summed E-state index contributed by atoms with van der Waals surface area (Å²) in [5.41, 5.74) is 1.15. The first-order chi connectivity index (χ1) is 9.56. The monoisotopic (exact) mass is 293 g/mol. The summed E-state index contributed by atoms with van der Waals surface area (Å²) in [5.74, 6) is -1.63. The molecule has 0 saturated heterocycles. The Morgan fingerprint density at radius 3 is 2.50 bits per heavy atom. The zero-order chi connectivity index (χ0) is 14.5. The molecule has 0 fully saturated rings. The van der Waals surface area contributed by atoms with Crippen molar-refractivity contribution in [3.05, 3.63) is 59.7 Å². The van der Waals surface area contributed by atoms with Crippen LogP contribution < -0.4 is 5.32 Å². The van der Waals surface area contributed by atoms with E-state index in [2.05, 4.69) is 19.2 Å². The molecular formula is C16H17F2NS. The molecule has 0 bridgehead atoms. The zero-order valence-electron chi connectivity index (χ0n) is 11.5. The number of hydrogen-bond acceptors (Lipinski definition) is 2. The van der Waals surface area contributed by atoms with Gasteiger partial charge in [0.1, 0.15) is 0 Å². The van der Waals surface area contributed by atoms with Gasteiger partial charge in [-0.3, -0.25) is 0 Å². The molecule has 106 valence electrons. The molecule has 0 unspecified atom stereocenters. The summed E-state index contributed by atoms with van der Waals surface area (Å²) in [5, 5.41) is 3.36. The van der Waals surface area contributed by atoms with Crippen LogP contribution >= 0.6 is 11.8 Å². The van der Waals surface area contributed by atoms with Gasteiger partial charge in [-0.05, 0) is 29.8 Å². The molecule has 1 N–H and O–H groups in total. The molecule has 4 heteroatoms. The lowest BCUT2D eigenvalue weighted by molar-refractivity contribution is 0.506. The van der Waals surface area contributed by atoms with Crippen LogP contribution in [0.15, 0.2) is 52.3 Å². The molecule has 2 aromatic carbocycles. The topological polar surface area (TPSA) is 12.0 Å². The third-order valence-corrected chi connectivity index (χ3v) is 3.90. The van der Waals surface area contributed by atoms with E-state index >= 15 is 0 Å². The summed E-state index contributed by atoms with van der Waals surface area (Å²) >= 11 is 1.44. The smallest absolute Gasteiger partial charge is 0.159 e. The van der Waals surface area contributed by atoms with E-state index < -0.39 is 11.6 Å². The van der Waals surface area contributed by atoms with Crippen molar-refractivity contribution >= 4 is 11.8 Å². The van der Waals surface area contributed by atoms with Crippen molar-refractivity contribution in [2.45, 2.75) is 36.2 Å². The maximum atomic E-state index is 13.2. The van der Waals surface area contributed by atoms with Crippen molar-refractivity contribution in [2.24, 2.45) is 0 Å². The van der Waals surface area contributed by atoms with Crippen LogP contribution in [0.25, 0.3) is 0 Å². The number of hydrogen-bond donors (Lipinski definition) is 1. The molecule has 1 nitrogen and oxygen atoms in total. The van der Waals surface area contributed by atoms with Crippen LogP contribution in [0, 0.1) is 11.6 Å². The van der Waals surface area contributed by atoms with Gasteiger partial charge in [-0.25, -0.2) is 8.78 Å². The summed E-state index contributed by atoms with van der Waals surface area (Å²) in [6, 6.07) is 12.3. The second-order valence-electron chi connectivity index (χ2n) is 4.82. The van der Waals surface area contributed by atoms with Crippen molar-refractivity contribution in [2.75, 3.05) is 0 Å². The number of nitrogens with one attached hydrogen (secondary N) is 1. The highest BCUT2D eigenvalue weighted by Gasteiger charge is 2.07. The summed E-state index contributed by atoms with van der Waals surface area (Å²) in [6.07, 6.45) is 0. The Hall–Kier alpha value is -1.39. The van der Waals surface area contributed by atoms with Gasteiger partial charge in [0, 0.05) is 22.4 Å². The fourth-order valence-corrected chi connectivity index (χ4v) is 2.70. The minimum atomic E-state index is -0.816. The molecule has 20 heavy (non-hydrogen) atoms. The van der Waals surface area contributed by atoms with Crippen molar-refractivity contribution in [3.8, 4) is 0 Å². The van der Waals surface area contributed by atoms with Crippen LogP contribution in [0.4, 0.5) is 8.78 Å². The van der Waals surface area contributed by atoms with E-state index in [-0.39, 0.29) is 0 Å². The predicted molar refractivity (Wildman–Crippen MR) is 78.9 cm³/mol. The van der Waals surface area contributed by atoms with Gasteiger partial charge in [0.25, 0.3) is 0 Å². The van der Waals surface area contributed by atoms with E-state index in [0.29, 0.717) is 10.9 Å². The van der Waals surface area contributed by atoms with Crippen LogP contribution in [0.2, 0.25) is 0 Å². The fraction of sp³-hybridized carbons (Fsp3) is 0.250. The maximum Gasteiger partial charge on any atom is 0.159 e. The van der Waals surface area contributed by atoms with Crippen LogP contribution in [-0.2, 0) is 6.54 Å². The Bertz CT molecular complexity index is 584. The Kier molecular flexibility index (Phi) is 5.15. The second kappa shape index (κ2) is 6.86. The van der Waals surface area contributed by atoms with Crippen LogP contribution in [0.5, 0.6) is 0 Å². The molecule has 0 atom stereocenters. The van der Waals surface area contributed by atoms with Gasteiger partial charge in [0.05, 0.1) is 0 Å². The second-order valence-corrected chi connectivity index (χ2v) is 5.94. The van der Waals surface area contributed by atoms with Crippen molar-refractivity contribution in [1.29, 1.82) is 0 Å². The van der Waals surface area contributed by atoms with E-state index in [4.69, 9.17) is 0 Å². The van der Waals surface area contributed by atoms with Gasteiger partial charge in [0.15, 0.2) is 11.6 Å². The molecule has 0 aliphatic heterocycles. The van der Waals surface area contributed by atoms with Crippen molar-refractivity contribution in [1.82, 2.24) is 5.32 Å².